The molecule has 0 radical (unpaired) electrons. The van der Waals surface area contributed by atoms with Gasteiger partial charge in [0.25, 0.3) is 11.7 Å². The first-order chi connectivity index (χ1) is 19.5. The third-order valence-corrected chi connectivity index (χ3v) is 6.97. The first-order valence-electron chi connectivity index (χ1n) is 13.8. The normalized spacial score (nSPS) is 16.3. The van der Waals surface area contributed by atoms with E-state index in [0.29, 0.717) is 54.6 Å². The van der Waals surface area contributed by atoms with Crippen LogP contribution >= 0.6 is 0 Å². The molecule has 0 aromatic heterocycles. The van der Waals surface area contributed by atoms with Gasteiger partial charge in [-0.1, -0.05) is 56.2 Å². The van der Waals surface area contributed by atoms with Gasteiger partial charge in [0, 0.05) is 12.1 Å². The first-order valence-corrected chi connectivity index (χ1v) is 13.8. The van der Waals surface area contributed by atoms with Crippen LogP contribution in [0.5, 0.6) is 17.2 Å². The van der Waals surface area contributed by atoms with Gasteiger partial charge in [0.1, 0.15) is 11.5 Å². The van der Waals surface area contributed by atoms with E-state index in [1.807, 2.05) is 43.3 Å². The molecule has 210 valence electrons. The number of aliphatic hydroxyl groups excluding tert-OH is 1. The second-order valence-corrected chi connectivity index (χ2v) is 9.65. The standard InChI is InChI=1S/C33H37NO6/c1-4-6-10-21-40-27-18-15-25(22-28(27)38-3)30-29(31(35)24-13-16-26(17-14-24)39-5-2)32(36)33(37)34(30)20-19-23-11-8-7-9-12-23/h7-9,11-18,22,30,35H,4-6,10,19-21H2,1-3H3. The fourth-order valence-electron chi connectivity index (χ4n) is 4.89. The van der Waals surface area contributed by atoms with Gasteiger partial charge in [-0.25, -0.2) is 0 Å². The topological polar surface area (TPSA) is 85.3 Å². The van der Waals surface area contributed by atoms with Gasteiger partial charge in [0.05, 0.1) is 31.9 Å². The number of unbranched alkanes of at least 4 members (excludes halogenated alkanes) is 2. The number of Topliss-reactive ketones (excluding diaryl/α,β-unsaturated/α-hetero) is 1. The van der Waals surface area contributed by atoms with Gasteiger partial charge in [0.15, 0.2) is 11.5 Å². The molecule has 0 saturated carbocycles. The summed E-state index contributed by atoms with van der Waals surface area (Å²) in [6.07, 6.45) is 3.66. The molecule has 1 N–H and O–H groups in total. The van der Waals surface area contributed by atoms with Crippen molar-refractivity contribution < 1.29 is 28.9 Å². The molecular formula is C33H37NO6. The predicted molar refractivity (Wildman–Crippen MR) is 155 cm³/mol. The van der Waals surface area contributed by atoms with Crippen molar-refractivity contribution in [3.8, 4) is 17.2 Å². The van der Waals surface area contributed by atoms with E-state index in [0.717, 1.165) is 24.8 Å². The summed E-state index contributed by atoms with van der Waals surface area (Å²) in [5.41, 5.74) is 2.17. The summed E-state index contributed by atoms with van der Waals surface area (Å²) >= 11 is 0. The van der Waals surface area contributed by atoms with Crippen molar-refractivity contribution in [1.82, 2.24) is 4.90 Å². The highest BCUT2D eigenvalue weighted by Gasteiger charge is 2.46. The number of ketones is 1. The number of carbonyl (C=O) groups excluding carboxylic acids is 2. The van der Waals surface area contributed by atoms with Crippen LogP contribution in [0.25, 0.3) is 5.76 Å². The molecule has 0 bridgehead atoms. The fraction of sp³-hybridized carbons (Fsp3) is 0.333. The lowest BCUT2D eigenvalue weighted by Gasteiger charge is -2.26. The van der Waals surface area contributed by atoms with Gasteiger partial charge in [-0.2, -0.15) is 0 Å². The average Bonchev–Trinajstić information content (AvgIpc) is 3.24. The van der Waals surface area contributed by atoms with E-state index in [-0.39, 0.29) is 11.3 Å². The summed E-state index contributed by atoms with van der Waals surface area (Å²) in [5.74, 6) is 0.153. The van der Waals surface area contributed by atoms with Gasteiger partial charge in [0.2, 0.25) is 0 Å². The summed E-state index contributed by atoms with van der Waals surface area (Å²) in [6, 6.07) is 21.2. The molecule has 1 heterocycles. The Bertz CT molecular complexity index is 1330. The van der Waals surface area contributed by atoms with E-state index < -0.39 is 17.7 Å². The van der Waals surface area contributed by atoms with Crippen molar-refractivity contribution in [2.45, 2.75) is 45.6 Å². The van der Waals surface area contributed by atoms with Gasteiger partial charge in [-0.3, -0.25) is 9.59 Å². The second-order valence-electron chi connectivity index (χ2n) is 9.65. The predicted octanol–water partition coefficient (Wildman–Crippen LogP) is 6.33. The van der Waals surface area contributed by atoms with Crippen LogP contribution in [0.4, 0.5) is 0 Å². The molecule has 3 aromatic rings. The zero-order valence-electron chi connectivity index (χ0n) is 23.4. The van der Waals surface area contributed by atoms with Crippen LogP contribution in [0.2, 0.25) is 0 Å². The molecule has 0 aliphatic carbocycles. The molecule has 1 aliphatic rings. The Balaban J connectivity index is 1.74. The molecule has 1 aliphatic heterocycles. The summed E-state index contributed by atoms with van der Waals surface area (Å²) in [4.78, 5) is 28.3. The maximum absolute atomic E-state index is 13.4. The van der Waals surface area contributed by atoms with Crippen LogP contribution < -0.4 is 14.2 Å². The van der Waals surface area contributed by atoms with Crippen molar-refractivity contribution in [3.63, 3.8) is 0 Å². The van der Waals surface area contributed by atoms with Gasteiger partial charge < -0.3 is 24.2 Å². The van der Waals surface area contributed by atoms with Crippen LogP contribution in [-0.2, 0) is 16.0 Å². The molecule has 1 unspecified atom stereocenters. The number of ether oxygens (including phenoxy) is 3. The van der Waals surface area contributed by atoms with Crippen molar-refractivity contribution in [3.05, 3.63) is 95.1 Å². The van der Waals surface area contributed by atoms with Crippen molar-refractivity contribution >= 4 is 17.4 Å². The molecule has 3 aromatic carbocycles. The van der Waals surface area contributed by atoms with E-state index in [2.05, 4.69) is 6.92 Å². The SMILES string of the molecule is CCCCCOc1ccc(C2C(=C(O)c3ccc(OCC)cc3)C(=O)C(=O)N2CCc2ccccc2)cc1OC. The Morgan fingerprint density at radius 1 is 0.900 bits per heavy atom. The number of hydrogen-bond donors (Lipinski definition) is 1. The molecule has 1 fully saturated rings. The third kappa shape index (κ3) is 6.47. The monoisotopic (exact) mass is 543 g/mol. The highest BCUT2D eigenvalue weighted by Crippen LogP contribution is 2.42. The van der Waals surface area contributed by atoms with Gasteiger partial charge in [-0.05, 0) is 67.3 Å². The quantitative estimate of drug-likeness (QED) is 0.117. The van der Waals surface area contributed by atoms with Crippen LogP contribution in [0, 0.1) is 0 Å². The summed E-state index contributed by atoms with van der Waals surface area (Å²) in [7, 11) is 1.56. The van der Waals surface area contributed by atoms with Crippen molar-refractivity contribution in [2.75, 3.05) is 26.9 Å². The highest BCUT2D eigenvalue weighted by molar-refractivity contribution is 6.46. The molecule has 1 amide bonds. The lowest BCUT2D eigenvalue weighted by atomic mass is 9.94. The summed E-state index contributed by atoms with van der Waals surface area (Å²) in [6.45, 7) is 5.41. The maximum Gasteiger partial charge on any atom is 0.295 e. The molecule has 40 heavy (non-hydrogen) atoms. The van der Waals surface area contributed by atoms with Crippen molar-refractivity contribution in [2.24, 2.45) is 0 Å². The molecular weight excluding hydrogens is 506 g/mol. The van der Waals surface area contributed by atoms with Crippen LogP contribution in [-0.4, -0.2) is 48.6 Å². The number of aliphatic hydroxyl groups is 1. The first kappa shape index (κ1) is 28.7. The number of nitrogens with zero attached hydrogens (tertiary/aromatic N) is 1. The molecule has 1 saturated heterocycles. The summed E-state index contributed by atoms with van der Waals surface area (Å²) < 4.78 is 17.1. The molecule has 1 atom stereocenters. The summed E-state index contributed by atoms with van der Waals surface area (Å²) in [5, 5.41) is 11.4. The Kier molecular flexibility index (Phi) is 9.84. The van der Waals surface area contributed by atoms with E-state index in [1.54, 1.807) is 43.5 Å². The number of rotatable bonds is 13. The van der Waals surface area contributed by atoms with Crippen LogP contribution in [0.15, 0.2) is 78.4 Å². The van der Waals surface area contributed by atoms with Crippen LogP contribution in [0.1, 0.15) is 55.8 Å². The molecule has 4 rings (SSSR count). The zero-order valence-corrected chi connectivity index (χ0v) is 23.4. The lowest BCUT2D eigenvalue weighted by molar-refractivity contribution is -0.139. The number of methoxy groups -OCH3 is 1. The number of likely N-dealkylation sites (tertiary alicyclic amines) is 1. The number of benzene rings is 3. The number of hydrogen-bond acceptors (Lipinski definition) is 6. The van der Waals surface area contributed by atoms with Gasteiger partial charge in [-0.15, -0.1) is 0 Å². The Labute approximate surface area is 236 Å². The maximum atomic E-state index is 13.4. The average molecular weight is 544 g/mol. The Hall–Kier alpha value is -4.26. The van der Waals surface area contributed by atoms with Crippen molar-refractivity contribution in [1.29, 1.82) is 0 Å². The fourth-order valence-corrected chi connectivity index (χ4v) is 4.89. The Morgan fingerprint density at radius 3 is 2.33 bits per heavy atom. The van der Waals surface area contributed by atoms with E-state index in [1.165, 1.54) is 4.90 Å². The molecule has 7 nitrogen and oxygen atoms in total. The van der Waals surface area contributed by atoms with E-state index in [4.69, 9.17) is 14.2 Å². The Morgan fingerprint density at radius 2 is 1.65 bits per heavy atom. The molecule has 0 spiro atoms. The molecule has 7 heteroatoms. The zero-order chi connectivity index (χ0) is 28.5. The van der Waals surface area contributed by atoms with E-state index in [9.17, 15) is 14.7 Å². The largest absolute Gasteiger partial charge is 0.507 e. The highest BCUT2D eigenvalue weighted by atomic mass is 16.5. The van der Waals surface area contributed by atoms with E-state index >= 15 is 0 Å². The minimum Gasteiger partial charge on any atom is -0.507 e. The minimum absolute atomic E-state index is 0.0425. The third-order valence-electron chi connectivity index (χ3n) is 6.97. The minimum atomic E-state index is -0.793. The smallest absolute Gasteiger partial charge is 0.295 e. The van der Waals surface area contributed by atoms with Crippen LogP contribution in [0.3, 0.4) is 0 Å². The van der Waals surface area contributed by atoms with Gasteiger partial charge >= 0.3 is 0 Å². The number of carbonyl (C=O) groups is 2. The number of amides is 1. The lowest BCUT2D eigenvalue weighted by Crippen LogP contribution is -2.31. The second kappa shape index (κ2) is 13.7.